The number of halogens is 1. The molecule has 1 unspecified atom stereocenters. The molecule has 0 saturated heterocycles. The smallest absolute Gasteiger partial charge is 0.0368 e. The lowest BCUT2D eigenvalue weighted by molar-refractivity contribution is 0.693. The van der Waals surface area contributed by atoms with Crippen molar-refractivity contribution in [3.63, 3.8) is 0 Å². The van der Waals surface area contributed by atoms with E-state index in [0.29, 0.717) is 3.92 Å². The lowest BCUT2D eigenvalue weighted by atomic mass is 9.86. The molecule has 1 atom stereocenters. The summed E-state index contributed by atoms with van der Waals surface area (Å²) in [5, 5.41) is 5.61. The van der Waals surface area contributed by atoms with E-state index in [1.165, 1.54) is 40.8 Å². The zero-order valence-electron chi connectivity index (χ0n) is 10.7. The Morgan fingerprint density at radius 3 is 2.63 bits per heavy atom. The average molecular weight is 358 g/mol. The molecule has 0 bridgehead atoms. The molecule has 0 aliphatic heterocycles. The largest absolute Gasteiger partial charge is 0.0774 e. The fourth-order valence-electron chi connectivity index (χ4n) is 3.36. The summed E-state index contributed by atoms with van der Waals surface area (Å²) in [4.78, 5) is 0. The molecule has 3 aromatic carbocycles. The predicted octanol–water partition coefficient (Wildman–Crippen LogP) is 5.81. The molecule has 0 N–H and O–H groups in total. The number of fused-ring (bicyclic) bond motifs is 5. The maximum absolute atomic E-state index is 2.62. The maximum Gasteiger partial charge on any atom is 0.0368 e. The van der Waals surface area contributed by atoms with Gasteiger partial charge < -0.3 is 0 Å². The Hall–Kier alpha value is -1.09. The van der Waals surface area contributed by atoms with Gasteiger partial charge in [0.1, 0.15) is 0 Å². The van der Waals surface area contributed by atoms with Crippen LogP contribution in [0, 0.1) is 0 Å². The van der Waals surface area contributed by atoms with Crippen LogP contribution >= 0.6 is 22.6 Å². The number of aryl methyl sites for hydroxylation is 1. The van der Waals surface area contributed by atoms with Crippen molar-refractivity contribution in [1.29, 1.82) is 0 Å². The standard InChI is InChI=1S/C18H15I/c19-17-7-3-5-13-9-10-15-14-6-2-1-4-12(14)8-11-16(15)18(13)17/h1-2,4,6,8-11,17H,3,5,7H2. The van der Waals surface area contributed by atoms with E-state index in [-0.39, 0.29) is 0 Å². The van der Waals surface area contributed by atoms with Crippen LogP contribution < -0.4 is 0 Å². The highest BCUT2D eigenvalue weighted by Gasteiger charge is 2.20. The summed E-state index contributed by atoms with van der Waals surface area (Å²) in [7, 11) is 0. The fraction of sp³-hybridized carbons (Fsp3) is 0.222. The van der Waals surface area contributed by atoms with Crippen LogP contribution in [-0.4, -0.2) is 0 Å². The Morgan fingerprint density at radius 1 is 0.842 bits per heavy atom. The topological polar surface area (TPSA) is 0 Å². The molecule has 0 fully saturated rings. The molecule has 0 heterocycles. The van der Waals surface area contributed by atoms with Crippen LogP contribution in [0.4, 0.5) is 0 Å². The molecule has 94 valence electrons. The minimum absolute atomic E-state index is 0.672. The van der Waals surface area contributed by atoms with Crippen LogP contribution in [0.3, 0.4) is 0 Å². The van der Waals surface area contributed by atoms with Crippen molar-refractivity contribution in [2.75, 3.05) is 0 Å². The minimum Gasteiger partial charge on any atom is -0.0774 e. The first kappa shape index (κ1) is 11.7. The van der Waals surface area contributed by atoms with Gasteiger partial charge in [0.25, 0.3) is 0 Å². The third kappa shape index (κ3) is 1.78. The second-order valence-corrected chi connectivity index (χ2v) is 6.88. The van der Waals surface area contributed by atoms with Gasteiger partial charge in [-0.25, -0.2) is 0 Å². The summed E-state index contributed by atoms with van der Waals surface area (Å²) >= 11 is 2.62. The Morgan fingerprint density at radius 2 is 1.68 bits per heavy atom. The van der Waals surface area contributed by atoms with Gasteiger partial charge in [0, 0.05) is 3.92 Å². The molecule has 0 saturated carbocycles. The van der Waals surface area contributed by atoms with E-state index in [2.05, 4.69) is 71.1 Å². The molecule has 0 amide bonds. The van der Waals surface area contributed by atoms with E-state index in [9.17, 15) is 0 Å². The molecule has 0 aromatic heterocycles. The average Bonchev–Trinajstić information content (AvgIpc) is 2.46. The molecule has 1 heteroatoms. The zero-order chi connectivity index (χ0) is 12.8. The quantitative estimate of drug-likeness (QED) is 0.270. The summed E-state index contributed by atoms with van der Waals surface area (Å²) in [6.45, 7) is 0. The zero-order valence-corrected chi connectivity index (χ0v) is 12.9. The number of alkyl halides is 1. The summed E-state index contributed by atoms with van der Waals surface area (Å²) in [6, 6.07) is 18.0. The van der Waals surface area contributed by atoms with Crippen molar-refractivity contribution in [1.82, 2.24) is 0 Å². The SMILES string of the molecule is IC1CCCc2ccc3c(ccc4ccccc43)c21. The van der Waals surface area contributed by atoms with Gasteiger partial charge in [0.15, 0.2) is 0 Å². The molecule has 0 nitrogen and oxygen atoms in total. The van der Waals surface area contributed by atoms with Gasteiger partial charge in [-0.2, -0.15) is 0 Å². The van der Waals surface area contributed by atoms with Crippen LogP contribution in [0.2, 0.25) is 0 Å². The second kappa shape index (κ2) is 4.48. The Labute approximate surface area is 127 Å². The fourth-order valence-corrected chi connectivity index (χ4v) is 4.54. The van der Waals surface area contributed by atoms with Gasteiger partial charge in [-0.3, -0.25) is 0 Å². The van der Waals surface area contributed by atoms with E-state index < -0.39 is 0 Å². The lowest BCUT2D eigenvalue weighted by Gasteiger charge is -2.23. The highest BCUT2D eigenvalue weighted by Crippen LogP contribution is 2.42. The van der Waals surface area contributed by atoms with Crippen molar-refractivity contribution < 1.29 is 0 Å². The van der Waals surface area contributed by atoms with Crippen molar-refractivity contribution in [2.24, 2.45) is 0 Å². The van der Waals surface area contributed by atoms with Gasteiger partial charge in [-0.1, -0.05) is 71.1 Å². The summed E-state index contributed by atoms with van der Waals surface area (Å²) < 4.78 is 0.672. The molecular weight excluding hydrogens is 343 g/mol. The number of rotatable bonds is 0. The van der Waals surface area contributed by atoms with Crippen LogP contribution in [0.15, 0.2) is 48.5 Å². The monoisotopic (exact) mass is 358 g/mol. The van der Waals surface area contributed by atoms with E-state index in [4.69, 9.17) is 0 Å². The van der Waals surface area contributed by atoms with Crippen LogP contribution in [0.5, 0.6) is 0 Å². The Bertz CT molecular complexity index is 773. The molecule has 3 aromatic rings. The van der Waals surface area contributed by atoms with Crippen LogP contribution in [-0.2, 0) is 6.42 Å². The van der Waals surface area contributed by atoms with Gasteiger partial charge in [-0.05, 0) is 51.9 Å². The first-order valence-corrected chi connectivity index (χ1v) is 8.16. The van der Waals surface area contributed by atoms with E-state index in [1.807, 2.05) is 0 Å². The van der Waals surface area contributed by atoms with E-state index in [1.54, 1.807) is 11.1 Å². The lowest BCUT2D eigenvalue weighted by Crippen LogP contribution is -2.05. The highest BCUT2D eigenvalue weighted by atomic mass is 127. The second-order valence-electron chi connectivity index (χ2n) is 5.38. The third-order valence-corrected chi connectivity index (χ3v) is 5.52. The first-order valence-electron chi connectivity index (χ1n) is 6.92. The summed E-state index contributed by atoms with van der Waals surface area (Å²) in [5.41, 5.74) is 3.16. The molecule has 1 aliphatic rings. The van der Waals surface area contributed by atoms with Gasteiger partial charge in [0.2, 0.25) is 0 Å². The normalized spacial score (nSPS) is 18.7. The van der Waals surface area contributed by atoms with Gasteiger partial charge in [-0.15, -0.1) is 0 Å². The van der Waals surface area contributed by atoms with Crippen molar-refractivity contribution in [2.45, 2.75) is 23.2 Å². The first-order chi connectivity index (χ1) is 9.34. The number of hydrogen-bond acceptors (Lipinski definition) is 0. The number of benzene rings is 3. The Balaban J connectivity index is 2.15. The maximum atomic E-state index is 2.62. The summed E-state index contributed by atoms with van der Waals surface area (Å²) in [6.07, 6.45) is 3.90. The van der Waals surface area contributed by atoms with E-state index >= 15 is 0 Å². The summed E-state index contributed by atoms with van der Waals surface area (Å²) in [5.74, 6) is 0. The van der Waals surface area contributed by atoms with Crippen LogP contribution in [0.25, 0.3) is 21.5 Å². The van der Waals surface area contributed by atoms with Crippen LogP contribution in [0.1, 0.15) is 27.9 Å². The van der Waals surface area contributed by atoms with Crippen molar-refractivity contribution in [3.05, 3.63) is 59.7 Å². The highest BCUT2D eigenvalue weighted by molar-refractivity contribution is 14.1. The Kier molecular flexibility index (Phi) is 2.76. The molecule has 0 spiro atoms. The van der Waals surface area contributed by atoms with E-state index in [0.717, 1.165) is 0 Å². The van der Waals surface area contributed by atoms with Crippen molar-refractivity contribution >= 4 is 44.1 Å². The molecule has 19 heavy (non-hydrogen) atoms. The third-order valence-electron chi connectivity index (χ3n) is 4.27. The molecule has 1 aliphatic carbocycles. The molecular formula is C18H15I. The molecule has 0 radical (unpaired) electrons. The van der Waals surface area contributed by atoms with Gasteiger partial charge in [0.05, 0.1) is 0 Å². The van der Waals surface area contributed by atoms with Crippen molar-refractivity contribution in [3.8, 4) is 0 Å². The number of hydrogen-bond donors (Lipinski definition) is 0. The predicted molar refractivity (Wildman–Crippen MR) is 91.2 cm³/mol. The minimum atomic E-state index is 0.672. The van der Waals surface area contributed by atoms with Gasteiger partial charge >= 0.3 is 0 Å². The molecule has 4 rings (SSSR count).